The molecule has 2 aliphatic rings. The molecule has 0 saturated heterocycles. The predicted octanol–water partition coefficient (Wildman–Crippen LogP) is 0.648. The van der Waals surface area contributed by atoms with Crippen molar-refractivity contribution in [2.24, 2.45) is 0 Å². The van der Waals surface area contributed by atoms with Crippen molar-refractivity contribution in [2.75, 3.05) is 5.75 Å². The topological polar surface area (TPSA) is 91.9 Å². The van der Waals surface area contributed by atoms with E-state index in [0.717, 1.165) is 18.5 Å². The standard InChI is InChI=1S/C14H19N3O3S/c18-14(15-10-7-8-21(19,20)9-10)6-5-13-11-3-1-2-4-12(11)16-17-13/h7-8,10H,1-6,9H2,(H,15,18)(H,16,17)/t10-/m1/s1. The fourth-order valence-corrected chi connectivity index (χ4v) is 4.17. The van der Waals surface area contributed by atoms with E-state index in [1.165, 1.54) is 35.6 Å². The Bertz CT molecular complexity index is 676. The maximum Gasteiger partial charge on any atom is 0.220 e. The van der Waals surface area contributed by atoms with Crippen molar-refractivity contribution >= 4 is 15.7 Å². The smallest absolute Gasteiger partial charge is 0.220 e. The predicted molar refractivity (Wildman–Crippen MR) is 78.4 cm³/mol. The fraction of sp³-hybridized carbons (Fsp3) is 0.571. The second kappa shape index (κ2) is 5.63. The highest BCUT2D eigenvalue weighted by Crippen LogP contribution is 2.22. The van der Waals surface area contributed by atoms with Crippen LogP contribution in [0.5, 0.6) is 0 Å². The zero-order valence-corrected chi connectivity index (χ0v) is 12.6. The summed E-state index contributed by atoms with van der Waals surface area (Å²) in [6, 6.07) is -0.393. The number of nitrogens with zero attached hydrogens (tertiary/aromatic N) is 1. The minimum Gasteiger partial charge on any atom is -0.349 e. The number of rotatable bonds is 4. The van der Waals surface area contributed by atoms with Crippen LogP contribution in [0.25, 0.3) is 0 Å². The van der Waals surface area contributed by atoms with Crippen LogP contribution in [0.4, 0.5) is 0 Å². The van der Waals surface area contributed by atoms with Crippen LogP contribution in [0.15, 0.2) is 11.5 Å². The largest absolute Gasteiger partial charge is 0.349 e. The van der Waals surface area contributed by atoms with Crippen LogP contribution in [-0.4, -0.2) is 36.3 Å². The van der Waals surface area contributed by atoms with E-state index < -0.39 is 15.9 Å². The Balaban J connectivity index is 1.52. The van der Waals surface area contributed by atoms with E-state index in [2.05, 4.69) is 15.5 Å². The number of hydrogen-bond acceptors (Lipinski definition) is 4. The highest BCUT2D eigenvalue weighted by molar-refractivity contribution is 7.94. The molecule has 0 bridgehead atoms. The summed E-state index contributed by atoms with van der Waals surface area (Å²) in [4.78, 5) is 11.9. The lowest BCUT2D eigenvalue weighted by atomic mass is 9.94. The number of nitrogens with one attached hydrogen (secondary N) is 2. The Morgan fingerprint density at radius 1 is 1.38 bits per heavy atom. The van der Waals surface area contributed by atoms with Crippen LogP contribution < -0.4 is 5.32 Å². The SMILES string of the molecule is O=C(CCc1n[nH]c2c1CCCC2)N[C@@H]1C=CS(=O)(=O)C1. The van der Waals surface area contributed by atoms with Gasteiger partial charge < -0.3 is 5.32 Å². The van der Waals surface area contributed by atoms with Gasteiger partial charge >= 0.3 is 0 Å². The summed E-state index contributed by atoms with van der Waals surface area (Å²) in [7, 11) is -3.12. The van der Waals surface area contributed by atoms with Crippen molar-refractivity contribution in [1.82, 2.24) is 15.5 Å². The number of carbonyl (C=O) groups excluding carboxylic acids is 1. The first kappa shape index (κ1) is 14.3. The molecule has 0 spiro atoms. The molecule has 0 radical (unpaired) electrons. The second-order valence-electron chi connectivity index (χ2n) is 5.67. The second-order valence-corrected chi connectivity index (χ2v) is 7.60. The van der Waals surface area contributed by atoms with Gasteiger partial charge in [0.05, 0.1) is 17.5 Å². The highest BCUT2D eigenvalue weighted by Gasteiger charge is 2.23. The van der Waals surface area contributed by atoms with Crippen molar-refractivity contribution in [3.05, 3.63) is 28.4 Å². The molecule has 0 unspecified atom stereocenters. The third-order valence-corrected chi connectivity index (χ3v) is 5.40. The normalized spacial score (nSPS) is 23.0. The van der Waals surface area contributed by atoms with Crippen LogP contribution in [0.3, 0.4) is 0 Å². The molecule has 1 amide bonds. The fourth-order valence-electron chi connectivity index (χ4n) is 2.93. The van der Waals surface area contributed by atoms with E-state index in [0.29, 0.717) is 12.8 Å². The molecule has 7 heteroatoms. The van der Waals surface area contributed by atoms with Gasteiger partial charge in [0.25, 0.3) is 0 Å². The van der Waals surface area contributed by atoms with Crippen LogP contribution >= 0.6 is 0 Å². The number of H-pyrrole nitrogens is 1. The average Bonchev–Trinajstić information content (AvgIpc) is 3.00. The summed E-state index contributed by atoms with van der Waals surface area (Å²) in [6.07, 6.45) is 6.91. The van der Waals surface area contributed by atoms with Crippen LogP contribution in [0, 0.1) is 0 Å². The number of aromatic amines is 1. The Morgan fingerprint density at radius 2 is 2.19 bits per heavy atom. The van der Waals surface area contributed by atoms with Gasteiger partial charge in [0.2, 0.25) is 5.91 Å². The maximum atomic E-state index is 11.9. The molecule has 2 N–H and O–H groups in total. The Hall–Kier alpha value is -1.63. The molecule has 3 rings (SSSR count). The molecule has 0 fully saturated rings. The van der Waals surface area contributed by atoms with Gasteiger partial charge in [-0.3, -0.25) is 9.89 Å². The van der Waals surface area contributed by atoms with E-state index in [4.69, 9.17) is 0 Å². The van der Waals surface area contributed by atoms with Crippen LogP contribution in [0.1, 0.15) is 36.2 Å². The van der Waals surface area contributed by atoms with E-state index in [-0.39, 0.29) is 11.7 Å². The van der Waals surface area contributed by atoms with Gasteiger partial charge in [-0.15, -0.1) is 0 Å². The molecular weight excluding hydrogens is 290 g/mol. The molecule has 0 saturated carbocycles. The van der Waals surface area contributed by atoms with Crippen molar-refractivity contribution in [3.63, 3.8) is 0 Å². The molecule has 21 heavy (non-hydrogen) atoms. The molecular formula is C14H19N3O3S. The Labute approximate surface area is 123 Å². The number of aromatic nitrogens is 2. The number of fused-ring (bicyclic) bond motifs is 1. The summed E-state index contributed by atoms with van der Waals surface area (Å²) in [5, 5.41) is 11.3. The molecule has 1 aromatic rings. The lowest BCUT2D eigenvalue weighted by Crippen LogP contribution is -2.35. The summed E-state index contributed by atoms with van der Waals surface area (Å²) in [5.41, 5.74) is 3.47. The summed E-state index contributed by atoms with van der Waals surface area (Å²) in [6.45, 7) is 0. The van der Waals surface area contributed by atoms with E-state index in [1.807, 2.05) is 0 Å². The number of amides is 1. The highest BCUT2D eigenvalue weighted by atomic mass is 32.2. The molecule has 1 atom stereocenters. The maximum absolute atomic E-state index is 11.9. The minimum atomic E-state index is -3.12. The Kier molecular flexibility index (Phi) is 3.84. The van der Waals surface area contributed by atoms with Crippen molar-refractivity contribution < 1.29 is 13.2 Å². The van der Waals surface area contributed by atoms with Gasteiger partial charge in [-0.2, -0.15) is 5.10 Å². The number of sulfone groups is 1. The molecule has 114 valence electrons. The van der Waals surface area contributed by atoms with Crippen molar-refractivity contribution in [1.29, 1.82) is 0 Å². The third kappa shape index (κ3) is 3.34. The molecule has 1 aliphatic heterocycles. The van der Waals surface area contributed by atoms with Gasteiger partial charge in [0, 0.05) is 23.9 Å². The van der Waals surface area contributed by atoms with E-state index >= 15 is 0 Å². The summed E-state index contributed by atoms with van der Waals surface area (Å²) >= 11 is 0. The van der Waals surface area contributed by atoms with E-state index in [1.54, 1.807) is 0 Å². The number of carbonyl (C=O) groups is 1. The van der Waals surface area contributed by atoms with Gasteiger partial charge in [-0.1, -0.05) is 0 Å². The van der Waals surface area contributed by atoms with Crippen molar-refractivity contribution in [2.45, 2.75) is 44.6 Å². The zero-order chi connectivity index (χ0) is 14.9. The first-order valence-electron chi connectivity index (χ1n) is 7.29. The molecule has 1 aliphatic carbocycles. The lowest BCUT2D eigenvalue weighted by molar-refractivity contribution is -0.121. The van der Waals surface area contributed by atoms with Gasteiger partial charge in [-0.25, -0.2) is 8.42 Å². The van der Waals surface area contributed by atoms with Gasteiger partial charge in [0.1, 0.15) is 0 Å². The first-order chi connectivity index (χ1) is 10.0. The average molecular weight is 309 g/mol. The first-order valence-corrected chi connectivity index (χ1v) is 9.00. The van der Waals surface area contributed by atoms with Crippen LogP contribution in [0.2, 0.25) is 0 Å². The summed E-state index contributed by atoms with van der Waals surface area (Å²) < 4.78 is 22.6. The van der Waals surface area contributed by atoms with Gasteiger partial charge in [0.15, 0.2) is 9.84 Å². The van der Waals surface area contributed by atoms with E-state index in [9.17, 15) is 13.2 Å². The zero-order valence-electron chi connectivity index (χ0n) is 11.8. The number of aryl methyl sites for hydroxylation is 2. The number of hydrogen-bond donors (Lipinski definition) is 2. The lowest BCUT2D eigenvalue weighted by Gasteiger charge is -2.12. The van der Waals surface area contributed by atoms with Crippen molar-refractivity contribution in [3.8, 4) is 0 Å². The Morgan fingerprint density at radius 3 is 2.95 bits per heavy atom. The third-order valence-electron chi connectivity index (χ3n) is 4.01. The minimum absolute atomic E-state index is 0.0312. The van der Waals surface area contributed by atoms with Crippen LogP contribution in [-0.2, 0) is 33.9 Å². The molecule has 0 aromatic carbocycles. The quantitative estimate of drug-likeness (QED) is 0.854. The molecule has 6 nitrogen and oxygen atoms in total. The van der Waals surface area contributed by atoms with Gasteiger partial charge in [-0.05, 0) is 37.3 Å². The molecule has 2 heterocycles. The molecule has 1 aromatic heterocycles. The monoisotopic (exact) mass is 309 g/mol. The summed E-state index contributed by atoms with van der Waals surface area (Å²) in [5.74, 6) is -0.161.